The van der Waals surface area contributed by atoms with Crippen molar-refractivity contribution < 1.29 is 13.3 Å². The molecule has 0 saturated heterocycles. The van der Waals surface area contributed by atoms with Gasteiger partial charge in [0.05, 0.1) is 23.0 Å². The Morgan fingerprint density at radius 1 is 1.14 bits per heavy atom. The van der Waals surface area contributed by atoms with E-state index in [0.29, 0.717) is 35.0 Å². The van der Waals surface area contributed by atoms with Crippen LogP contribution in [-0.2, 0) is 10.8 Å². The summed E-state index contributed by atoms with van der Waals surface area (Å²) < 4.78 is 30.3. The molecular weight excluding hydrogens is 289 g/mol. The zero-order chi connectivity index (χ0) is 15.1. The van der Waals surface area contributed by atoms with Crippen molar-refractivity contribution in [3.05, 3.63) is 59.9 Å². The standard InChI is InChI=1S/C16H14FNO2S/c17-14-6-8-15(9-7-14)21(19)11-3-10-20-16-5-2-1-4-13(16)12-18/h1-2,4-9H,3,10-11H2. The lowest BCUT2D eigenvalue weighted by Crippen LogP contribution is -2.05. The zero-order valence-corrected chi connectivity index (χ0v) is 12.1. The lowest BCUT2D eigenvalue weighted by Gasteiger charge is -2.07. The van der Waals surface area contributed by atoms with Crippen LogP contribution in [0.15, 0.2) is 53.4 Å². The second-order valence-corrected chi connectivity index (χ2v) is 5.88. The summed E-state index contributed by atoms with van der Waals surface area (Å²) in [4.78, 5) is 0.605. The smallest absolute Gasteiger partial charge is 0.137 e. The molecule has 0 amide bonds. The molecular formula is C16H14FNO2S. The third-order valence-electron chi connectivity index (χ3n) is 2.82. The van der Waals surface area contributed by atoms with Crippen LogP contribution in [-0.4, -0.2) is 16.6 Å². The SMILES string of the molecule is N#Cc1ccccc1OCCCS(=O)c1ccc(F)cc1. The van der Waals surface area contributed by atoms with Crippen molar-refractivity contribution in [1.29, 1.82) is 5.26 Å². The van der Waals surface area contributed by atoms with Gasteiger partial charge in [-0.05, 0) is 42.8 Å². The quantitative estimate of drug-likeness (QED) is 0.770. The third kappa shape index (κ3) is 4.40. The Balaban J connectivity index is 1.81. The van der Waals surface area contributed by atoms with Crippen LogP contribution < -0.4 is 4.74 Å². The highest BCUT2D eigenvalue weighted by atomic mass is 32.2. The Kier molecular flexibility index (Phi) is 5.47. The largest absolute Gasteiger partial charge is 0.492 e. The van der Waals surface area contributed by atoms with Gasteiger partial charge in [0.2, 0.25) is 0 Å². The molecule has 3 nitrogen and oxygen atoms in total. The maximum absolute atomic E-state index is 12.8. The minimum Gasteiger partial charge on any atom is -0.492 e. The fourth-order valence-electron chi connectivity index (χ4n) is 1.76. The van der Waals surface area contributed by atoms with Crippen LogP contribution in [0.25, 0.3) is 0 Å². The predicted molar refractivity (Wildman–Crippen MR) is 78.9 cm³/mol. The normalized spacial score (nSPS) is 11.6. The third-order valence-corrected chi connectivity index (χ3v) is 4.27. The lowest BCUT2D eigenvalue weighted by atomic mass is 10.2. The van der Waals surface area contributed by atoms with E-state index in [4.69, 9.17) is 10.00 Å². The van der Waals surface area contributed by atoms with Gasteiger partial charge in [0.25, 0.3) is 0 Å². The summed E-state index contributed by atoms with van der Waals surface area (Å²) in [6.45, 7) is 0.381. The van der Waals surface area contributed by atoms with E-state index in [1.807, 2.05) is 0 Å². The van der Waals surface area contributed by atoms with Crippen molar-refractivity contribution in [2.24, 2.45) is 0 Å². The van der Waals surface area contributed by atoms with Crippen LogP contribution in [0.4, 0.5) is 4.39 Å². The monoisotopic (exact) mass is 303 g/mol. The Hall–Kier alpha value is -2.19. The first-order chi connectivity index (χ1) is 10.2. The molecule has 0 aliphatic heterocycles. The molecule has 0 bridgehead atoms. The number of hydrogen-bond donors (Lipinski definition) is 0. The van der Waals surface area contributed by atoms with Gasteiger partial charge in [0, 0.05) is 10.6 Å². The maximum Gasteiger partial charge on any atom is 0.137 e. The number of benzene rings is 2. The molecule has 0 heterocycles. The van der Waals surface area contributed by atoms with E-state index in [2.05, 4.69) is 6.07 Å². The molecule has 0 saturated carbocycles. The Bertz CT molecular complexity index is 665. The highest BCUT2D eigenvalue weighted by Gasteiger charge is 2.05. The Morgan fingerprint density at radius 3 is 2.57 bits per heavy atom. The molecule has 108 valence electrons. The zero-order valence-electron chi connectivity index (χ0n) is 11.3. The summed E-state index contributed by atoms with van der Waals surface area (Å²) in [5.41, 5.74) is 0.483. The molecule has 0 aromatic heterocycles. The fourth-order valence-corrected chi connectivity index (χ4v) is 2.82. The van der Waals surface area contributed by atoms with Gasteiger partial charge in [-0.2, -0.15) is 5.26 Å². The number of rotatable bonds is 6. The molecule has 0 radical (unpaired) electrons. The number of para-hydroxylation sites is 1. The summed E-state index contributed by atoms with van der Waals surface area (Å²) in [7, 11) is -1.17. The van der Waals surface area contributed by atoms with Crippen molar-refractivity contribution in [2.45, 2.75) is 11.3 Å². The van der Waals surface area contributed by atoms with Crippen molar-refractivity contribution in [1.82, 2.24) is 0 Å². The van der Waals surface area contributed by atoms with E-state index >= 15 is 0 Å². The second-order valence-electron chi connectivity index (χ2n) is 4.31. The number of nitrogens with zero attached hydrogens (tertiary/aromatic N) is 1. The second kappa shape index (κ2) is 7.55. The van der Waals surface area contributed by atoms with Gasteiger partial charge in [0.15, 0.2) is 0 Å². The topological polar surface area (TPSA) is 50.1 Å². The molecule has 1 atom stereocenters. The highest BCUT2D eigenvalue weighted by Crippen LogP contribution is 2.17. The molecule has 2 rings (SSSR count). The molecule has 2 aromatic rings. The van der Waals surface area contributed by atoms with E-state index in [1.54, 1.807) is 24.3 Å². The van der Waals surface area contributed by atoms with Crippen molar-refractivity contribution in [2.75, 3.05) is 12.4 Å². The first kappa shape index (κ1) is 15.2. The molecule has 0 aliphatic rings. The Labute approximate surface area is 125 Å². The van der Waals surface area contributed by atoms with Crippen LogP contribution in [0.5, 0.6) is 5.75 Å². The molecule has 5 heteroatoms. The Morgan fingerprint density at radius 2 is 1.86 bits per heavy atom. The van der Waals surface area contributed by atoms with Crippen LogP contribution in [0, 0.1) is 17.1 Å². The number of halogens is 1. The molecule has 1 unspecified atom stereocenters. The van der Waals surface area contributed by atoms with Crippen LogP contribution in [0.1, 0.15) is 12.0 Å². The summed E-state index contributed by atoms with van der Waals surface area (Å²) in [6.07, 6.45) is 0.587. The van der Waals surface area contributed by atoms with Crippen LogP contribution >= 0.6 is 0 Å². The van der Waals surface area contributed by atoms with Crippen LogP contribution in [0.3, 0.4) is 0 Å². The van der Waals surface area contributed by atoms with Crippen molar-refractivity contribution in [3.63, 3.8) is 0 Å². The number of ether oxygens (including phenoxy) is 1. The minimum absolute atomic E-state index is 0.341. The van der Waals surface area contributed by atoms with E-state index in [1.165, 1.54) is 24.3 Å². The summed E-state index contributed by atoms with van der Waals surface area (Å²) in [6, 6.07) is 14.7. The lowest BCUT2D eigenvalue weighted by molar-refractivity contribution is 0.317. The summed E-state index contributed by atoms with van der Waals surface area (Å²) >= 11 is 0. The minimum atomic E-state index is -1.17. The molecule has 0 aliphatic carbocycles. The average molecular weight is 303 g/mol. The highest BCUT2D eigenvalue weighted by molar-refractivity contribution is 7.85. The van der Waals surface area contributed by atoms with Gasteiger partial charge < -0.3 is 4.74 Å². The fraction of sp³-hybridized carbons (Fsp3) is 0.188. The summed E-state index contributed by atoms with van der Waals surface area (Å²) in [5.74, 6) is 0.625. The summed E-state index contributed by atoms with van der Waals surface area (Å²) in [5, 5.41) is 8.93. The molecule has 0 spiro atoms. The predicted octanol–water partition coefficient (Wildman–Crippen LogP) is 3.27. The molecule has 0 N–H and O–H groups in total. The van der Waals surface area contributed by atoms with Crippen molar-refractivity contribution >= 4 is 10.8 Å². The van der Waals surface area contributed by atoms with E-state index in [-0.39, 0.29) is 5.82 Å². The molecule has 2 aromatic carbocycles. The van der Waals surface area contributed by atoms with E-state index < -0.39 is 10.8 Å². The van der Waals surface area contributed by atoms with Gasteiger partial charge in [-0.1, -0.05) is 12.1 Å². The van der Waals surface area contributed by atoms with Gasteiger partial charge in [-0.15, -0.1) is 0 Å². The van der Waals surface area contributed by atoms with Gasteiger partial charge in [-0.25, -0.2) is 4.39 Å². The van der Waals surface area contributed by atoms with Gasteiger partial charge in [0.1, 0.15) is 17.6 Å². The van der Waals surface area contributed by atoms with E-state index in [0.717, 1.165) is 0 Å². The van der Waals surface area contributed by atoms with Crippen molar-refractivity contribution in [3.8, 4) is 11.8 Å². The maximum atomic E-state index is 12.8. The van der Waals surface area contributed by atoms with Crippen LogP contribution in [0.2, 0.25) is 0 Å². The molecule has 21 heavy (non-hydrogen) atoms. The average Bonchev–Trinajstić information content (AvgIpc) is 2.52. The molecule has 0 fully saturated rings. The van der Waals surface area contributed by atoms with Gasteiger partial charge >= 0.3 is 0 Å². The number of hydrogen-bond acceptors (Lipinski definition) is 3. The van der Waals surface area contributed by atoms with E-state index in [9.17, 15) is 8.60 Å². The first-order valence-electron chi connectivity index (χ1n) is 6.46. The first-order valence-corrected chi connectivity index (χ1v) is 7.78. The number of nitriles is 1. The van der Waals surface area contributed by atoms with Gasteiger partial charge in [-0.3, -0.25) is 4.21 Å².